The molecule has 0 radical (unpaired) electrons. The van der Waals surface area contributed by atoms with Crippen molar-refractivity contribution in [1.82, 2.24) is 5.32 Å². The van der Waals surface area contributed by atoms with Gasteiger partial charge in [0.05, 0.1) is 6.61 Å². The van der Waals surface area contributed by atoms with Crippen molar-refractivity contribution in [1.29, 1.82) is 0 Å². The molecular formula is C8H11NO4. The van der Waals surface area contributed by atoms with Crippen LogP contribution in [0.5, 0.6) is 0 Å². The van der Waals surface area contributed by atoms with Crippen LogP contribution in [0.15, 0.2) is 0 Å². The fraction of sp³-hybridized carbons (Fsp3) is 0.625. The number of ether oxygens (including phenoxy) is 1. The standard InChI is InChI=1S/C8H11NO4/c1-2-13-8(12)5-3-4-9-7(11)6(5)10/h5H,2-4H2,1H3,(H,9,11)/t5-/m1/s1. The van der Waals surface area contributed by atoms with Gasteiger partial charge in [-0.2, -0.15) is 0 Å². The van der Waals surface area contributed by atoms with Crippen molar-refractivity contribution < 1.29 is 19.1 Å². The van der Waals surface area contributed by atoms with Gasteiger partial charge in [-0.1, -0.05) is 0 Å². The van der Waals surface area contributed by atoms with Gasteiger partial charge in [0.1, 0.15) is 5.92 Å². The van der Waals surface area contributed by atoms with E-state index in [1.165, 1.54) is 0 Å². The van der Waals surface area contributed by atoms with E-state index in [4.69, 9.17) is 0 Å². The largest absolute Gasteiger partial charge is 0.465 e. The lowest BCUT2D eigenvalue weighted by atomic mass is 9.96. The molecule has 1 heterocycles. The lowest BCUT2D eigenvalue weighted by Gasteiger charge is -2.18. The highest BCUT2D eigenvalue weighted by molar-refractivity contribution is 6.40. The summed E-state index contributed by atoms with van der Waals surface area (Å²) in [6.07, 6.45) is 0.337. The molecule has 1 atom stereocenters. The molecule has 1 N–H and O–H groups in total. The van der Waals surface area contributed by atoms with Crippen LogP contribution in [-0.2, 0) is 19.1 Å². The fourth-order valence-corrected chi connectivity index (χ4v) is 1.17. The number of hydrogen-bond acceptors (Lipinski definition) is 4. The van der Waals surface area contributed by atoms with Crippen molar-refractivity contribution in [2.45, 2.75) is 13.3 Å². The Morgan fingerprint density at radius 2 is 2.31 bits per heavy atom. The number of carbonyl (C=O) groups excluding carboxylic acids is 3. The zero-order valence-electron chi connectivity index (χ0n) is 7.33. The molecule has 0 spiro atoms. The second kappa shape index (κ2) is 4.02. The lowest BCUT2D eigenvalue weighted by molar-refractivity contribution is -0.156. The third kappa shape index (κ3) is 2.05. The van der Waals surface area contributed by atoms with Crippen molar-refractivity contribution in [3.8, 4) is 0 Å². The zero-order valence-corrected chi connectivity index (χ0v) is 7.33. The summed E-state index contributed by atoms with van der Waals surface area (Å²) in [5.41, 5.74) is 0. The van der Waals surface area contributed by atoms with Gasteiger partial charge in [0.2, 0.25) is 5.78 Å². The number of hydrogen-bond donors (Lipinski definition) is 1. The van der Waals surface area contributed by atoms with Gasteiger partial charge in [-0.25, -0.2) is 0 Å². The molecule has 13 heavy (non-hydrogen) atoms. The summed E-state index contributed by atoms with van der Waals surface area (Å²) in [7, 11) is 0. The smallest absolute Gasteiger partial charge is 0.317 e. The second-order valence-electron chi connectivity index (χ2n) is 2.71. The van der Waals surface area contributed by atoms with Crippen LogP contribution in [0.4, 0.5) is 0 Å². The van der Waals surface area contributed by atoms with Crippen LogP contribution >= 0.6 is 0 Å². The van der Waals surface area contributed by atoms with Crippen LogP contribution in [0, 0.1) is 5.92 Å². The maximum absolute atomic E-state index is 11.1. The zero-order chi connectivity index (χ0) is 9.84. The Bertz CT molecular complexity index is 249. The molecule has 1 saturated heterocycles. The van der Waals surface area contributed by atoms with E-state index >= 15 is 0 Å². The first-order chi connectivity index (χ1) is 6.16. The number of carbonyl (C=O) groups is 3. The molecule has 1 aliphatic heterocycles. The Kier molecular flexibility index (Phi) is 3.00. The summed E-state index contributed by atoms with van der Waals surface area (Å²) in [5, 5.41) is 2.36. The van der Waals surface area contributed by atoms with Gasteiger partial charge in [0.25, 0.3) is 5.91 Å². The van der Waals surface area contributed by atoms with E-state index in [-0.39, 0.29) is 6.61 Å². The highest BCUT2D eigenvalue weighted by Crippen LogP contribution is 2.10. The van der Waals surface area contributed by atoms with Gasteiger partial charge in [0, 0.05) is 6.54 Å². The molecule has 5 heteroatoms. The third-order valence-corrected chi connectivity index (χ3v) is 1.83. The summed E-state index contributed by atoms with van der Waals surface area (Å²) in [5.74, 6) is -2.87. The molecule has 0 aliphatic carbocycles. The SMILES string of the molecule is CCOC(=O)[C@@H]1CCNC(=O)C1=O. The summed E-state index contributed by atoms with van der Waals surface area (Å²) < 4.78 is 4.66. The molecule has 0 unspecified atom stereocenters. The number of esters is 1. The normalized spacial score (nSPS) is 22.4. The summed E-state index contributed by atoms with van der Waals surface area (Å²) in [6.45, 7) is 2.24. The van der Waals surface area contributed by atoms with E-state index in [0.717, 1.165) is 0 Å². The molecule has 72 valence electrons. The monoisotopic (exact) mass is 185 g/mol. The minimum absolute atomic E-state index is 0.226. The number of nitrogens with one attached hydrogen (secondary N) is 1. The fourth-order valence-electron chi connectivity index (χ4n) is 1.17. The predicted molar refractivity (Wildman–Crippen MR) is 42.8 cm³/mol. The Balaban J connectivity index is 2.63. The first-order valence-corrected chi connectivity index (χ1v) is 4.15. The summed E-state index contributed by atoms with van der Waals surface area (Å²) >= 11 is 0. The van der Waals surface area contributed by atoms with Crippen LogP contribution in [0.3, 0.4) is 0 Å². The molecule has 0 aromatic heterocycles. The van der Waals surface area contributed by atoms with E-state index in [9.17, 15) is 14.4 Å². The van der Waals surface area contributed by atoms with Crippen LogP contribution in [0.2, 0.25) is 0 Å². The van der Waals surface area contributed by atoms with E-state index in [0.29, 0.717) is 13.0 Å². The van der Waals surface area contributed by atoms with E-state index in [1.807, 2.05) is 0 Å². The van der Waals surface area contributed by atoms with Crippen molar-refractivity contribution in [3.63, 3.8) is 0 Å². The molecule has 0 bridgehead atoms. The maximum Gasteiger partial charge on any atom is 0.317 e. The first-order valence-electron chi connectivity index (χ1n) is 4.15. The molecule has 1 aliphatic rings. The van der Waals surface area contributed by atoms with E-state index in [2.05, 4.69) is 10.1 Å². The Morgan fingerprint density at radius 1 is 1.62 bits per heavy atom. The average molecular weight is 185 g/mol. The van der Waals surface area contributed by atoms with Crippen molar-refractivity contribution >= 4 is 17.7 Å². The minimum atomic E-state index is -0.895. The summed E-state index contributed by atoms with van der Waals surface area (Å²) in [6, 6.07) is 0. The molecule has 5 nitrogen and oxygen atoms in total. The van der Waals surface area contributed by atoms with Crippen LogP contribution in [-0.4, -0.2) is 30.8 Å². The molecule has 1 fully saturated rings. The number of Topliss-reactive ketones (excluding diaryl/α,β-unsaturated/α-hetero) is 1. The van der Waals surface area contributed by atoms with Gasteiger partial charge in [-0.15, -0.1) is 0 Å². The molecular weight excluding hydrogens is 174 g/mol. The van der Waals surface area contributed by atoms with Gasteiger partial charge in [-0.05, 0) is 13.3 Å². The Labute approximate surface area is 75.4 Å². The lowest BCUT2D eigenvalue weighted by Crippen LogP contribution is -2.45. The van der Waals surface area contributed by atoms with Crippen LogP contribution in [0.1, 0.15) is 13.3 Å². The second-order valence-corrected chi connectivity index (χ2v) is 2.71. The minimum Gasteiger partial charge on any atom is -0.465 e. The number of rotatable bonds is 2. The number of piperidine rings is 1. The van der Waals surface area contributed by atoms with Crippen LogP contribution in [0.25, 0.3) is 0 Å². The van der Waals surface area contributed by atoms with Gasteiger partial charge in [-0.3, -0.25) is 14.4 Å². The van der Waals surface area contributed by atoms with Crippen molar-refractivity contribution in [2.75, 3.05) is 13.2 Å². The number of ketones is 1. The topological polar surface area (TPSA) is 72.5 Å². The summed E-state index contributed by atoms with van der Waals surface area (Å²) in [4.78, 5) is 33.1. The molecule has 0 aromatic carbocycles. The quantitative estimate of drug-likeness (QED) is 0.349. The third-order valence-electron chi connectivity index (χ3n) is 1.83. The van der Waals surface area contributed by atoms with Crippen molar-refractivity contribution in [3.05, 3.63) is 0 Å². The van der Waals surface area contributed by atoms with E-state index in [1.54, 1.807) is 6.92 Å². The maximum atomic E-state index is 11.1. The Morgan fingerprint density at radius 3 is 2.92 bits per heavy atom. The van der Waals surface area contributed by atoms with Gasteiger partial charge in [0.15, 0.2) is 0 Å². The average Bonchev–Trinajstić information content (AvgIpc) is 2.10. The molecule has 1 amide bonds. The van der Waals surface area contributed by atoms with Gasteiger partial charge >= 0.3 is 5.97 Å². The van der Waals surface area contributed by atoms with Crippen molar-refractivity contribution in [2.24, 2.45) is 5.92 Å². The molecule has 0 aromatic rings. The first kappa shape index (κ1) is 9.70. The Hall–Kier alpha value is -1.39. The van der Waals surface area contributed by atoms with Gasteiger partial charge < -0.3 is 10.1 Å². The molecule has 1 rings (SSSR count). The predicted octanol–water partition coefficient (Wildman–Crippen LogP) is -0.745. The highest BCUT2D eigenvalue weighted by Gasteiger charge is 2.35. The van der Waals surface area contributed by atoms with Crippen LogP contribution < -0.4 is 5.32 Å². The molecule has 0 saturated carbocycles. The van der Waals surface area contributed by atoms with E-state index < -0.39 is 23.6 Å². The number of amides is 1. The highest BCUT2D eigenvalue weighted by atomic mass is 16.5.